The lowest BCUT2D eigenvalue weighted by atomic mass is 10.2. The maximum Gasteiger partial charge on any atom is 0.253 e. The standard InChI is InChI=1S/C14H19ClN2O3S/c1-17(2)21(19,20)11-7-8-13(15)12(9-11)14(18)16-10-5-3-4-6-10/h7-10H,3-6H2,1-2H3,(H,16,18). The second kappa shape index (κ2) is 6.34. The van der Waals surface area contributed by atoms with Crippen molar-refractivity contribution in [3.8, 4) is 0 Å². The number of sulfonamides is 1. The van der Waals surface area contributed by atoms with Crippen LogP contribution in [-0.4, -0.2) is 38.8 Å². The number of benzene rings is 1. The quantitative estimate of drug-likeness (QED) is 0.920. The Hall–Kier alpha value is -1.11. The lowest BCUT2D eigenvalue weighted by Gasteiger charge is -2.15. The number of nitrogens with one attached hydrogen (secondary N) is 1. The van der Waals surface area contributed by atoms with Gasteiger partial charge >= 0.3 is 0 Å². The first kappa shape index (κ1) is 16.3. The van der Waals surface area contributed by atoms with Crippen LogP contribution in [0.3, 0.4) is 0 Å². The molecule has 1 aliphatic rings. The summed E-state index contributed by atoms with van der Waals surface area (Å²) < 4.78 is 25.3. The van der Waals surface area contributed by atoms with Gasteiger partial charge in [0, 0.05) is 20.1 Å². The fourth-order valence-electron chi connectivity index (χ4n) is 2.38. The van der Waals surface area contributed by atoms with Crippen LogP contribution in [0.4, 0.5) is 0 Å². The highest BCUT2D eigenvalue weighted by atomic mass is 35.5. The maximum atomic E-state index is 12.3. The molecule has 0 heterocycles. The van der Waals surface area contributed by atoms with Crippen molar-refractivity contribution in [1.82, 2.24) is 9.62 Å². The highest BCUT2D eigenvalue weighted by molar-refractivity contribution is 7.89. The predicted octanol–water partition coefficient (Wildman–Crippen LogP) is 2.26. The lowest BCUT2D eigenvalue weighted by molar-refractivity contribution is 0.0938. The summed E-state index contributed by atoms with van der Waals surface area (Å²) in [5.74, 6) is -0.317. The molecule has 1 aliphatic carbocycles. The molecule has 0 radical (unpaired) electrons. The van der Waals surface area contributed by atoms with E-state index in [0.29, 0.717) is 0 Å². The highest BCUT2D eigenvalue weighted by Gasteiger charge is 2.23. The van der Waals surface area contributed by atoms with E-state index in [1.165, 1.54) is 32.3 Å². The van der Waals surface area contributed by atoms with E-state index in [1.54, 1.807) is 0 Å². The third kappa shape index (κ3) is 3.56. The van der Waals surface area contributed by atoms with E-state index < -0.39 is 10.0 Å². The van der Waals surface area contributed by atoms with Gasteiger partial charge in [-0.05, 0) is 31.0 Å². The number of nitrogens with zero attached hydrogens (tertiary/aromatic N) is 1. The van der Waals surface area contributed by atoms with Gasteiger partial charge in [-0.1, -0.05) is 24.4 Å². The van der Waals surface area contributed by atoms with Crippen LogP contribution in [0.5, 0.6) is 0 Å². The van der Waals surface area contributed by atoms with E-state index >= 15 is 0 Å². The molecule has 0 atom stereocenters. The van der Waals surface area contributed by atoms with Crippen LogP contribution in [0.2, 0.25) is 5.02 Å². The third-order valence-corrected chi connectivity index (χ3v) is 5.79. The number of carbonyl (C=O) groups excluding carboxylic acids is 1. The molecule has 1 N–H and O–H groups in total. The Morgan fingerprint density at radius 2 is 1.90 bits per heavy atom. The summed E-state index contributed by atoms with van der Waals surface area (Å²) in [6.45, 7) is 0. The Labute approximate surface area is 130 Å². The van der Waals surface area contributed by atoms with Crippen molar-refractivity contribution in [2.45, 2.75) is 36.6 Å². The second-order valence-electron chi connectivity index (χ2n) is 5.38. The Morgan fingerprint density at radius 1 is 1.29 bits per heavy atom. The van der Waals surface area contributed by atoms with Crippen molar-refractivity contribution in [3.63, 3.8) is 0 Å². The Morgan fingerprint density at radius 3 is 2.48 bits per heavy atom. The fourth-order valence-corrected chi connectivity index (χ4v) is 3.51. The molecule has 1 saturated carbocycles. The number of rotatable bonds is 4. The van der Waals surface area contributed by atoms with Gasteiger partial charge in [-0.15, -0.1) is 0 Å². The van der Waals surface area contributed by atoms with Gasteiger partial charge in [0.15, 0.2) is 0 Å². The van der Waals surface area contributed by atoms with Gasteiger partial charge in [0.05, 0.1) is 15.5 Å². The summed E-state index contributed by atoms with van der Waals surface area (Å²) in [6, 6.07) is 4.34. The van der Waals surface area contributed by atoms with Gasteiger partial charge in [-0.2, -0.15) is 0 Å². The Bertz CT molecular complexity index is 638. The number of halogens is 1. The topological polar surface area (TPSA) is 66.5 Å². The van der Waals surface area contributed by atoms with Gasteiger partial charge in [-0.3, -0.25) is 4.79 Å². The summed E-state index contributed by atoms with van der Waals surface area (Å²) in [4.78, 5) is 12.3. The largest absolute Gasteiger partial charge is 0.349 e. The summed E-state index contributed by atoms with van der Waals surface area (Å²) in [5, 5.41) is 3.17. The molecule has 1 amide bonds. The third-order valence-electron chi connectivity index (χ3n) is 3.65. The maximum absolute atomic E-state index is 12.3. The fraction of sp³-hybridized carbons (Fsp3) is 0.500. The van der Waals surface area contributed by atoms with Crippen molar-refractivity contribution in [3.05, 3.63) is 28.8 Å². The minimum absolute atomic E-state index is 0.0634. The molecule has 0 saturated heterocycles. The molecule has 0 aliphatic heterocycles. The molecule has 0 spiro atoms. The minimum Gasteiger partial charge on any atom is -0.349 e. The number of hydrogen-bond acceptors (Lipinski definition) is 3. The van der Waals surface area contributed by atoms with E-state index in [2.05, 4.69) is 5.32 Å². The summed E-state index contributed by atoms with van der Waals surface area (Å²) in [6.07, 6.45) is 4.12. The Kier molecular flexibility index (Phi) is 4.91. The van der Waals surface area contributed by atoms with Gasteiger partial charge in [0.2, 0.25) is 10.0 Å². The van der Waals surface area contributed by atoms with E-state index in [-0.39, 0.29) is 27.4 Å². The van der Waals surface area contributed by atoms with Crippen LogP contribution < -0.4 is 5.32 Å². The predicted molar refractivity (Wildman–Crippen MR) is 82.0 cm³/mol. The summed E-state index contributed by atoms with van der Waals surface area (Å²) >= 11 is 6.04. The zero-order chi connectivity index (χ0) is 15.6. The molecule has 116 valence electrons. The Balaban J connectivity index is 2.29. The van der Waals surface area contributed by atoms with Crippen LogP contribution in [0, 0.1) is 0 Å². The van der Waals surface area contributed by atoms with Gasteiger partial charge in [0.25, 0.3) is 5.91 Å². The van der Waals surface area contributed by atoms with Crippen molar-refractivity contribution >= 4 is 27.5 Å². The second-order valence-corrected chi connectivity index (χ2v) is 7.94. The monoisotopic (exact) mass is 330 g/mol. The first-order valence-corrected chi connectivity index (χ1v) is 8.67. The zero-order valence-electron chi connectivity index (χ0n) is 12.1. The molecular weight excluding hydrogens is 312 g/mol. The zero-order valence-corrected chi connectivity index (χ0v) is 13.7. The molecular formula is C14H19ClN2O3S. The molecule has 1 fully saturated rings. The van der Waals surface area contributed by atoms with Crippen molar-refractivity contribution in [2.75, 3.05) is 14.1 Å². The van der Waals surface area contributed by atoms with Crippen molar-refractivity contribution < 1.29 is 13.2 Å². The minimum atomic E-state index is -3.58. The van der Waals surface area contributed by atoms with E-state index in [0.717, 1.165) is 30.0 Å². The molecule has 1 aromatic rings. The van der Waals surface area contributed by atoms with Gasteiger partial charge < -0.3 is 5.32 Å². The van der Waals surface area contributed by atoms with Crippen LogP contribution in [0.1, 0.15) is 36.0 Å². The van der Waals surface area contributed by atoms with Gasteiger partial charge in [-0.25, -0.2) is 12.7 Å². The molecule has 21 heavy (non-hydrogen) atoms. The van der Waals surface area contributed by atoms with Crippen LogP contribution >= 0.6 is 11.6 Å². The van der Waals surface area contributed by atoms with E-state index in [9.17, 15) is 13.2 Å². The van der Waals surface area contributed by atoms with Crippen molar-refractivity contribution in [2.24, 2.45) is 0 Å². The number of hydrogen-bond donors (Lipinski definition) is 1. The summed E-state index contributed by atoms with van der Waals surface area (Å²) in [7, 11) is -0.689. The number of carbonyl (C=O) groups is 1. The van der Waals surface area contributed by atoms with Gasteiger partial charge in [0.1, 0.15) is 0 Å². The average molecular weight is 331 g/mol. The normalized spacial score (nSPS) is 16.4. The molecule has 0 unspecified atom stereocenters. The molecule has 0 aromatic heterocycles. The average Bonchev–Trinajstić information content (AvgIpc) is 2.91. The van der Waals surface area contributed by atoms with Crippen molar-refractivity contribution in [1.29, 1.82) is 0 Å². The van der Waals surface area contributed by atoms with E-state index in [1.807, 2.05) is 0 Å². The molecule has 7 heteroatoms. The molecule has 0 bridgehead atoms. The van der Waals surface area contributed by atoms with Crippen LogP contribution in [0.25, 0.3) is 0 Å². The molecule has 1 aromatic carbocycles. The highest BCUT2D eigenvalue weighted by Crippen LogP contribution is 2.23. The number of amides is 1. The first-order valence-electron chi connectivity index (χ1n) is 6.85. The summed E-state index contributed by atoms with van der Waals surface area (Å²) in [5.41, 5.74) is 0.200. The molecule has 5 nitrogen and oxygen atoms in total. The molecule has 2 rings (SSSR count). The van der Waals surface area contributed by atoms with Crippen LogP contribution in [0.15, 0.2) is 23.1 Å². The smallest absolute Gasteiger partial charge is 0.253 e. The van der Waals surface area contributed by atoms with E-state index in [4.69, 9.17) is 11.6 Å². The first-order chi connectivity index (χ1) is 9.82. The SMILES string of the molecule is CN(C)S(=O)(=O)c1ccc(Cl)c(C(=O)NC2CCCC2)c1. The van der Waals surface area contributed by atoms with Crippen LogP contribution in [-0.2, 0) is 10.0 Å². The lowest BCUT2D eigenvalue weighted by Crippen LogP contribution is -2.33.